The van der Waals surface area contributed by atoms with E-state index in [1.54, 1.807) is 50.6 Å². The van der Waals surface area contributed by atoms with Gasteiger partial charge in [-0.15, -0.1) is 0 Å². The van der Waals surface area contributed by atoms with Gasteiger partial charge in [0.2, 0.25) is 0 Å². The first-order chi connectivity index (χ1) is 12.7. The van der Waals surface area contributed by atoms with Crippen LogP contribution in [-0.4, -0.2) is 52.2 Å². The van der Waals surface area contributed by atoms with Crippen molar-refractivity contribution in [1.82, 2.24) is 0 Å². The second kappa shape index (κ2) is 8.12. The second-order valence-corrected chi connectivity index (χ2v) is 5.70. The van der Waals surface area contributed by atoms with E-state index in [-0.39, 0.29) is 22.7 Å². The molecule has 0 radical (unpaired) electrons. The van der Waals surface area contributed by atoms with Gasteiger partial charge in [0.15, 0.2) is 11.6 Å². The highest BCUT2D eigenvalue weighted by molar-refractivity contribution is 6.30. The normalized spacial score (nSPS) is 12.5. The Morgan fingerprint density at radius 3 is 1.46 bits per heavy atom. The predicted molar refractivity (Wildman–Crippen MR) is 94.5 cm³/mol. The lowest BCUT2D eigenvalue weighted by molar-refractivity contribution is 0.0966. The first kappa shape index (κ1) is 18.1. The zero-order valence-corrected chi connectivity index (χ0v) is 14.7. The molecular formula is C20H20O6. The molecule has 2 aromatic rings. The number of ketones is 2. The van der Waals surface area contributed by atoms with Crippen LogP contribution in [0.4, 0.5) is 0 Å². The first-order valence-corrected chi connectivity index (χ1v) is 8.28. The van der Waals surface area contributed by atoms with Gasteiger partial charge >= 0.3 is 0 Å². The van der Waals surface area contributed by atoms with Gasteiger partial charge in [0.25, 0.3) is 0 Å². The quantitative estimate of drug-likeness (QED) is 0.578. The van der Waals surface area contributed by atoms with E-state index in [1.165, 1.54) is 0 Å². The molecular weight excluding hydrogens is 336 g/mol. The molecule has 0 N–H and O–H groups in total. The van der Waals surface area contributed by atoms with Crippen LogP contribution >= 0.6 is 0 Å². The van der Waals surface area contributed by atoms with Crippen LogP contribution in [-0.2, 0) is 9.47 Å². The molecule has 1 aliphatic carbocycles. The van der Waals surface area contributed by atoms with Gasteiger partial charge in [-0.05, 0) is 12.1 Å². The summed E-state index contributed by atoms with van der Waals surface area (Å²) in [5, 5.41) is 0. The molecule has 26 heavy (non-hydrogen) atoms. The molecule has 0 unspecified atom stereocenters. The standard InChI is InChI=1S/C20H20O6/c1-23-9-11-25-15-7-3-5-13-17(15)19(21)14-6-4-8-16(18(14)20(13)22)26-12-10-24-2/h3-8H,9-12H2,1-2H3. The molecule has 0 heterocycles. The maximum absolute atomic E-state index is 13.0. The van der Waals surface area contributed by atoms with Gasteiger partial charge in [-0.2, -0.15) is 0 Å². The lowest BCUT2D eigenvalue weighted by Crippen LogP contribution is -2.23. The summed E-state index contributed by atoms with van der Waals surface area (Å²) in [6, 6.07) is 10.0. The minimum absolute atomic E-state index is 0.250. The highest BCUT2D eigenvalue weighted by Gasteiger charge is 2.34. The molecule has 6 nitrogen and oxygen atoms in total. The predicted octanol–water partition coefficient (Wildman–Crippen LogP) is 2.51. The number of methoxy groups -OCH3 is 2. The van der Waals surface area contributed by atoms with Crippen LogP contribution in [0.25, 0.3) is 0 Å². The molecule has 1 aliphatic rings. The van der Waals surface area contributed by atoms with Gasteiger partial charge in [-0.25, -0.2) is 0 Å². The van der Waals surface area contributed by atoms with E-state index >= 15 is 0 Å². The third-order valence-corrected chi connectivity index (χ3v) is 4.09. The molecule has 0 aliphatic heterocycles. The van der Waals surface area contributed by atoms with Gasteiger partial charge in [0.1, 0.15) is 24.7 Å². The minimum atomic E-state index is -0.250. The Balaban J connectivity index is 2.00. The molecule has 0 fully saturated rings. The third-order valence-electron chi connectivity index (χ3n) is 4.09. The fraction of sp³-hybridized carbons (Fsp3) is 0.300. The monoisotopic (exact) mass is 356 g/mol. The molecule has 136 valence electrons. The molecule has 2 aromatic carbocycles. The van der Waals surface area contributed by atoms with Crippen molar-refractivity contribution in [1.29, 1.82) is 0 Å². The average Bonchev–Trinajstić information content (AvgIpc) is 2.66. The Morgan fingerprint density at radius 1 is 0.654 bits per heavy atom. The van der Waals surface area contributed by atoms with Gasteiger partial charge in [0.05, 0.1) is 24.3 Å². The summed E-state index contributed by atoms with van der Waals surface area (Å²) in [7, 11) is 3.14. The molecule has 3 rings (SSSR count). The van der Waals surface area contributed by atoms with Crippen molar-refractivity contribution in [3.63, 3.8) is 0 Å². The van der Waals surface area contributed by atoms with E-state index in [2.05, 4.69) is 0 Å². The highest BCUT2D eigenvalue weighted by Crippen LogP contribution is 2.37. The van der Waals surface area contributed by atoms with Crippen LogP contribution in [0.2, 0.25) is 0 Å². The van der Waals surface area contributed by atoms with Gasteiger partial charge in [0, 0.05) is 25.3 Å². The summed E-state index contributed by atoms with van der Waals surface area (Å²) in [6.07, 6.45) is 0. The zero-order chi connectivity index (χ0) is 18.5. The van der Waals surface area contributed by atoms with E-state index in [1.807, 2.05) is 0 Å². The van der Waals surface area contributed by atoms with Crippen LogP contribution in [0.5, 0.6) is 11.5 Å². The number of benzene rings is 2. The molecule has 0 amide bonds. The number of carbonyl (C=O) groups excluding carboxylic acids is 2. The number of ether oxygens (including phenoxy) is 4. The van der Waals surface area contributed by atoms with Gasteiger partial charge in [-0.3, -0.25) is 9.59 Å². The molecule has 0 saturated carbocycles. The van der Waals surface area contributed by atoms with Gasteiger partial charge < -0.3 is 18.9 Å². The van der Waals surface area contributed by atoms with Crippen LogP contribution in [0.3, 0.4) is 0 Å². The van der Waals surface area contributed by atoms with E-state index in [0.717, 1.165) is 0 Å². The van der Waals surface area contributed by atoms with Crippen molar-refractivity contribution in [2.45, 2.75) is 0 Å². The lowest BCUT2D eigenvalue weighted by Gasteiger charge is -2.22. The van der Waals surface area contributed by atoms with E-state index in [9.17, 15) is 9.59 Å². The maximum Gasteiger partial charge on any atom is 0.198 e. The van der Waals surface area contributed by atoms with Crippen molar-refractivity contribution >= 4 is 11.6 Å². The summed E-state index contributed by atoms with van der Waals surface area (Å²) in [5.74, 6) is 0.267. The summed E-state index contributed by atoms with van der Waals surface area (Å²) in [4.78, 5) is 26.1. The van der Waals surface area contributed by atoms with Crippen molar-refractivity contribution in [2.75, 3.05) is 40.6 Å². The first-order valence-electron chi connectivity index (χ1n) is 8.28. The summed E-state index contributed by atoms with van der Waals surface area (Å²) in [6.45, 7) is 1.36. The van der Waals surface area contributed by atoms with Crippen LogP contribution in [0.15, 0.2) is 36.4 Å². The smallest absolute Gasteiger partial charge is 0.198 e. The SMILES string of the molecule is COCCOc1cccc2c1C(=O)c1cccc(OCCOC)c1C2=O. The van der Waals surface area contributed by atoms with E-state index in [4.69, 9.17) is 18.9 Å². The number of hydrogen-bond donors (Lipinski definition) is 0. The molecule has 0 atom stereocenters. The van der Waals surface area contributed by atoms with Crippen LogP contribution in [0.1, 0.15) is 31.8 Å². The Kier molecular flexibility index (Phi) is 5.65. The fourth-order valence-corrected chi connectivity index (χ4v) is 2.89. The van der Waals surface area contributed by atoms with Crippen molar-refractivity contribution in [3.05, 3.63) is 58.7 Å². The Morgan fingerprint density at radius 2 is 1.08 bits per heavy atom. The van der Waals surface area contributed by atoms with E-state index in [0.29, 0.717) is 49.1 Å². The van der Waals surface area contributed by atoms with Crippen LogP contribution < -0.4 is 9.47 Å². The largest absolute Gasteiger partial charge is 0.490 e. The van der Waals surface area contributed by atoms with Crippen molar-refractivity contribution in [3.8, 4) is 11.5 Å². The fourth-order valence-electron chi connectivity index (χ4n) is 2.89. The number of carbonyl (C=O) groups is 2. The lowest BCUT2D eigenvalue weighted by atomic mass is 9.83. The van der Waals surface area contributed by atoms with E-state index < -0.39 is 0 Å². The second-order valence-electron chi connectivity index (χ2n) is 5.70. The Labute approximate surface area is 151 Å². The maximum atomic E-state index is 13.0. The number of fused-ring (bicyclic) bond motifs is 2. The Hall–Kier alpha value is -2.70. The number of hydrogen-bond acceptors (Lipinski definition) is 6. The molecule has 0 spiro atoms. The van der Waals surface area contributed by atoms with Crippen molar-refractivity contribution in [2.24, 2.45) is 0 Å². The molecule has 0 saturated heterocycles. The minimum Gasteiger partial charge on any atom is -0.490 e. The van der Waals surface area contributed by atoms with Crippen LogP contribution in [0, 0.1) is 0 Å². The average molecular weight is 356 g/mol. The topological polar surface area (TPSA) is 71.1 Å². The third kappa shape index (κ3) is 3.34. The highest BCUT2D eigenvalue weighted by atomic mass is 16.5. The summed E-state index contributed by atoms with van der Waals surface area (Å²) < 4.78 is 21.2. The van der Waals surface area contributed by atoms with Gasteiger partial charge in [-0.1, -0.05) is 24.3 Å². The summed E-state index contributed by atoms with van der Waals surface area (Å²) >= 11 is 0. The molecule has 0 aromatic heterocycles. The zero-order valence-electron chi connectivity index (χ0n) is 14.7. The molecule has 6 heteroatoms. The molecule has 0 bridgehead atoms. The Bertz CT molecular complexity index is 758. The summed E-state index contributed by atoms with van der Waals surface area (Å²) in [5.41, 5.74) is 1.21. The number of rotatable bonds is 8. The van der Waals surface area contributed by atoms with Crippen molar-refractivity contribution < 1.29 is 28.5 Å².